The van der Waals surface area contributed by atoms with E-state index in [0.29, 0.717) is 5.92 Å². The lowest BCUT2D eigenvalue weighted by Crippen LogP contribution is -2.10. The molecule has 0 atom stereocenters. The number of benzene rings is 2. The van der Waals surface area contributed by atoms with Gasteiger partial charge >= 0.3 is 0 Å². The minimum Gasteiger partial charge on any atom is -0.486 e. The first kappa shape index (κ1) is 16.0. The first-order valence-electron chi connectivity index (χ1n) is 8.28. The molecule has 3 rings (SSSR count). The lowest BCUT2D eigenvalue weighted by atomic mass is 9.79. The zero-order valence-electron chi connectivity index (χ0n) is 13.4. The van der Waals surface area contributed by atoms with Crippen molar-refractivity contribution in [2.45, 2.75) is 45.1 Å². The van der Waals surface area contributed by atoms with Gasteiger partial charge in [0.2, 0.25) is 0 Å². The topological polar surface area (TPSA) is 9.23 Å². The molecule has 0 bridgehead atoms. The summed E-state index contributed by atoms with van der Waals surface area (Å²) in [7, 11) is 0. The van der Waals surface area contributed by atoms with Crippen LogP contribution < -0.4 is 4.74 Å². The Bertz CT molecular complexity index is 643. The average Bonchev–Trinajstić information content (AvgIpc) is 2.55. The average molecular weight is 316 g/mol. The fourth-order valence-electron chi connectivity index (χ4n) is 3.23. The van der Waals surface area contributed by atoms with Gasteiger partial charge in [-0.25, -0.2) is 8.78 Å². The van der Waals surface area contributed by atoms with E-state index in [9.17, 15) is 8.78 Å². The quantitative estimate of drug-likeness (QED) is 0.689. The van der Waals surface area contributed by atoms with Crippen molar-refractivity contribution in [2.24, 2.45) is 5.92 Å². The van der Waals surface area contributed by atoms with Crippen LogP contribution in [0.5, 0.6) is 5.75 Å². The summed E-state index contributed by atoms with van der Waals surface area (Å²) in [5.74, 6) is 0.330. The third-order valence-corrected chi connectivity index (χ3v) is 4.76. The van der Waals surface area contributed by atoms with E-state index in [0.717, 1.165) is 17.5 Å². The molecule has 0 heterocycles. The number of rotatable bonds is 4. The van der Waals surface area contributed by atoms with E-state index >= 15 is 0 Å². The first-order chi connectivity index (χ1) is 11.1. The molecule has 0 aliphatic heterocycles. The second-order valence-electron chi connectivity index (χ2n) is 6.56. The zero-order valence-corrected chi connectivity index (χ0v) is 13.4. The number of halogens is 2. The normalized spacial score (nSPS) is 21.2. The summed E-state index contributed by atoms with van der Waals surface area (Å²) in [5, 5.41) is 0. The monoisotopic (exact) mass is 316 g/mol. The van der Waals surface area contributed by atoms with Gasteiger partial charge in [-0.3, -0.25) is 0 Å². The van der Waals surface area contributed by atoms with Crippen molar-refractivity contribution < 1.29 is 13.5 Å². The van der Waals surface area contributed by atoms with Gasteiger partial charge in [-0.1, -0.05) is 44.0 Å². The summed E-state index contributed by atoms with van der Waals surface area (Å²) in [6, 6.07) is 11.7. The van der Waals surface area contributed by atoms with E-state index in [1.807, 2.05) is 12.1 Å². The van der Waals surface area contributed by atoms with Gasteiger partial charge in [-0.15, -0.1) is 0 Å². The molecule has 0 saturated heterocycles. The third kappa shape index (κ3) is 4.10. The van der Waals surface area contributed by atoms with Gasteiger partial charge in [-0.2, -0.15) is 0 Å². The Morgan fingerprint density at radius 3 is 2.30 bits per heavy atom. The van der Waals surface area contributed by atoms with Crippen LogP contribution in [0.1, 0.15) is 49.7 Å². The predicted molar refractivity (Wildman–Crippen MR) is 87.5 cm³/mol. The molecular weight excluding hydrogens is 294 g/mol. The van der Waals surface area contributed by atoms with Crippen molar-refractivity contribution in [3.63, 3.8) is 0 Å². The second-order valence-corrected chi connectivity index (χ2v) is 6.56. The fourth-order valence-corrected chi connectivity index (χ4v) is 3.23. The highest BCUT2D eigenvalue weighted by atomic mass is 19.1. The Kier molecular flexibility index (Phi) is 4.94. The summed E-state index contributed by atoms with van der Waals surface area (Å²) in [6.07, 6.45) is 5.13. The van der Waals surface area contributed by atoms with Crippen LogP contribution in [0.2, 0.25) is 0 Å². The van der Waals surface area contributed by atoms with Crippen LogP contribution in [0, 0.1) is 17.6 Å². The lowest BCUT2D eigenvalue weighted by molar-refractivity contribution is 0.289. The fraction of sp³-hybridized carbons (Fsp3) is 0.400. The van der Waals surface area contributed by atoms with Crippen LogP contribution in [-0.2, 0) is 6.61 Å². The van der Waals surface area contributed by atoms with Crippen molar-refractivity contribution >= 4 is 0 Å². The standard InChI is InChI=1S/C20H22F2O/c1-14-2-6-16(7-3-14)17-8-4-15(5-9-17)13-23-20-11-10-18(21)12-19(20)22/h4-5,8-12,14,16H,2-3,6-7,13H2,1H3. The Labute approximate surface area is 136 Å². The maximum atomic E-state index is 13.5. The maximum absolute atomic E-state index is 13.5. The molecule has 1 saturated carbocycles. The van der Waals surface area contributed by atoms with Gasteiger partial charge in [-0.05, 0) is 47.9 Å². The van der Waals surface area contributed by atoms with Crippen LogP contribution in [0.4, 0.5) is 8.78 Å². The van der Waals surface area contributed by atoms with Gasteiger partial charge in [0.25, 0.3) is 0 Å². The number of ether oxygens (including phenoxy) is 1. The van der Waals surface area contributed by atoms with Crippen molar-refractivity contribution in [1.82, 2.24) is 0 Å². The largest absolute Gasteiger partial charge is 0.486 e. The third-order valence-electron chi connectivity index (χ3n) is 4.76. The molecule has 0 aromatic heterocycles. The minimum atomic E-state index is -0.669. The van der Waals surface area contributed by atoms with Gasteiger partial charge < -0.3 is 4.74 Å². The molecule has 1 fully saturated rings. The van der Waals surface area contributed by atoms with E-state index in [1.165, 1.54) is 43.4 Å². The highest BCUT2D eigenvalue weighted by Crippen LogP contribution is 2.35. The van der Waals surface area contributed by atoms with Crippen molar-refractivity contribution in [2.75, 3.05) is 0 Å². The van der Waals surface area contributed by atoms with E-state index in [-0.39, 0.29) is 12.4 Å². The molecule has 122 valence electrons. The molecule has 0 spiro atoms. The maximum Gasteiger partial charge on any atom is 0.167 e. The summed E-state index contributed by atoms with van der Waals surface area (Å²) >= 11 is 0. The van der Waals surface area contributed by atoms with Crippen molar-refractivity contribution in [3.8, 4) is 5.75 Å². The Hall–Kier alpha value is -1.90. The smallest absolute Gasteiger partial charge is 0.167 e. The molecule has 0 unspecified atom stereocenters. The zero-order chi connectivity index (χ0) is 16.2. The summed E-state index contributed by atoms with van der Waals surface area (Å²) in [6.45, 7) is 2.61. The first-order valence-corrected chi connectivity index (χ1v) is 8.28. The van der Waals surface area contributed by atoms with Crippen LogP contribution >= 0.6 is 0 Å². The van der Waals surface area contributed by atoms with Crippen molar-refractivity contribution in [1.29, 1.82) is 0 Å². The van der Waals surface area contributed by atoms with E-state index in [2.05, 4.69) is 19.1 Å². The molecule has 23 heavy (non-hydrogen) atoms. The van der Waals surface area contributed by atoms with E-state index in [1.54, 1.807) is 0 Å². The van der Waals surface area contributed by atoms with Gasteiger partial charge in [0.15, 0.2) is 11.6 Å². The van der Waals surface area contributed by atoms with Crippen LogP contribution in [0.25, 0.3) is 0 Å². The van der Waals surface area contributed by atoms with Crippen LogP contribution in [0.15, 0.2) is 42.5 Å². The van der Waals surface area contributed by atoms with E-state index in [4.69, 9.17) is 4.74 Å². The molecule has 1 aliphatic rings. The van der Waals surface area contributed by atoms with Gasteiger partial charge in [0.05, 0.1) is 0 Å². The summed E-state index contributed by atoms with van der Waals surface area (Å²) in [5.41, 5.74) is 2.37. The minimum absolute atomic E-state index is 0.0803. The Morgan fingerprint density at radius 1 is 0.957 bits per heavy atom. The molecule has 0 N–H and O–H groups in total. The highest BCUT2D eigenvalue weighted by molar-refractivity contribution is 5.28. The molecule has 1 nitrogen and oxygen atoms in total. The van der Waals surface area contributed by atoms with E-state index < -0.39 is 11.6 Å². The highest BCUT2D eigenvalue weighted by Gasteiger charge is 2.19. The predicted octanol–water partition coefficient (Wildman–Crippen LogP) is 5.84. The SMILES string of the molecule is CC1CCC(c2ccc(COc3ccc(F)cc3F)cc2)CC1. The molecule has 0 radical (unpaired) electrons. The molecular formula is C20H22F2O. The lowest BCUT2D eigenvalue weighted by Gasteiger charge is -2.26. The summed E-state index contributed by atoms with van der Waals surface area (Å²) < 4.78 is 31.8. The molecule has 3 heteroatoms. The number of hydrogen-bond acceptors (Lipinski definition) is 1. The molecule has 2 aromatic carbocycles. The summed E-state index contributed by atoms with van der Waals surface area (Å²) in [4.78, 5) is 0. The molecule has 2 aromatic rings. The number of hydrogen-bond donors (Lipinski definition) is 0. The Morgan fingerprint density at radius 2 is 1.65 bits per heavy atom. The van der Waals surface area contributed by atoms with Gasteiger partial charge in [0.1, 0.15) is 12.4 Å². The molecule has 0 amide bonds. The molecule has 1 aliphatic carbocycles. The van der Waals surface area contributed by atoms with Crippen molar-refractivity contribution in [3.05, 3.63) is 65.2 Å². The van der Waals surface area contributed by atoms with Gasteiger partial charge in [0, 0.05) is 6.07 Å². The van der Waals surface area contributed by atoms with Crippen LogP contribution in [0.3, 0.4) is 0 Å². The Balaban J connectivity index is 1.59. The second kappa shape index (κ2) is 7.12. The van der Waals surface area contributed by atoms with Crippen LogP contribution in [-0.4, -0.2) is 0 Å².